The van der Waals surface area contributed by atoms with E-state index in [2.05, 4.69) is 0 Å². The fraction of sp³-hybridized carbons (Fsp3) is 0.900. The first-order valence-corrected chi connectivity index (χ1v) is 5.22. The third-order valence-corrected chi connectivity index (χ3v) is 2.18. The van der Waals surface area contributed by atoms with Crippen LogP contribution in [-0.2, 0) is 19.0 Å². The van der Waals surface area contributed by atoms with Gasteiger partial charge in [-0.1, -0.05) is 0 Å². The van der Waals surface area contributed by atoms with Gasteiger partial charge in [0.25, 0.3) is 0 Å². The summed E-state index contributed by atoms with van der Waals surface area (Å²) in [4.78, 5) is 10.6. The van der Waals surface area contributed by atoms with Crippen LogP contribution in [0.2, 0.25) is 0 Å². The van der Waals surface area contributed by atoms with Crippen LogP contribution < -0.4 is 0 Å². The monoisotopic (exact) mass is 234 g/mol. The van der Waals surface area contributed by atoms with Crippen LogP contribution in [0.1, 0.15) is 20.8 Å². The molecule has 0 amide bonds. The van der Waals surface area contributed by atoms with Gasteiger partial charge < -0.3 is 24.4 Å². The molecule has 1 aliphatic rings. The van der Waals surface area contributed by atoms with Crippen molar-refractivity contribution >= 4 is 5.97 Å². The Kier molecular flexibility index (Phi) is 4.67. The molecule has 0 aromatic carbocycles. The minimum atomic E-state index is -1.12. The molecule has 1 aliphatic heterocycles. The number of carbonyl (C=O) groups is 1. The largest absolute Gasteiger partial charge is 0.463 e. The number of esters is 1. The van der Waals surface area contributed by atoms with Crippen LogP contribution in [0.15, 0.2) is 0 Å². The molecule has 0 aliphatic carbocycles. The Hall–Kier alpha value is -0.690. The maximum Gasteiger partial charge on any atom is 0.302 e. The average molecular weight is 234 g/mol. The summed E-state index contributed by atoms with van der Waals surface area (Å²) in [7, 11) is 0. The van der Waals surface area contributed by atoms with Gasteiger partial charge in [0.05, 0.1) is 6.10 Å². The number of aliphatic hydroxyl groups is 2. The Bertz CT molecular complexity index is 241. The standard InChI is InChI=1S/C10H18O6/c1-5(2)15-10-9(13)8(12)7(16-10)4-14-6(3)11/h5,7-10,12-13H,4H2,1-3H3/t7-,8-,9-,10-/m1/s1. The maximum atomic E-state index is 10.6. The minimum Gasteiger partial charge on any atom is -0.463 e. The molecule has 6 heteroatoms. The molecule has 1 fully saturated rings. The predicted molar refractivity (Wildman–Crippen MR) is 53.5 cm³/mol. The number of hydrogen-bond acceptors (Lipinski definition) is 6. The van der Waals surface area contributed by atoms with Gasteiger partial charge in [0.1, 0.15) is 24.9 Å². The van der Waals surface area contributed by atoms with Crippen LogP contribution in [0.5, 0.6) is 0 Å². The van der Waals surface area contributed by atoms with Crippen molar-refractivity contribution in [3.05, 3.63) is 0 Å². The van der Waals surface area contributed by atoms with Crippen molar-refractivity contribution in [3.8, 4) is 0 Å². The van der Waals surface area contributed by atoms with Crippen LogP contribution in [-0.4, -0.2) is 53.5 Å². The van der Waals surface area contributed by atoms with Crippen molar-refractivity contribution in [2.24, 2.45) is 0 Å². The minimum absolute atomic E-state index is 0.0918. The van der Waals surface area contributed by atoms with E-state index in [1.807, 2.05) is 0 Å². The van der Waals surface area contributed by atoms with Crippen LogP contribution in [0.4, 0.5) is 0 Å². The number of aliphatic hydroxyl groups excluding tert-OH is 2. The normalized spacial score (nSPS) is 34.4. The quantitative estimate of drug-likeness (QED) is 0.633. The Morgan fingerprint density at radius 3 is 2.50 bits per heavy atom. The van der Waals surface area contributed by atoms with Gasteiger partial charge >= 0.3 is 5.97 Å². The van der Waals surface area contributed by atoms with Crippen LogP contribution >= 0.6 is 0 Å². The van der Waals surface area contributed by atoms with Crippen LogP contribution in [0.25, 0.3) is 0 Å². The molecule has 0 saturated carbocycles. The summed E-state index contributed by atoms with van der Waals surface area (Å²) < 4.78 is 15.2. The lowest BCUT2D eigenvalue weighted by molar-refractivity contribution is -0.189. The lowest BCUT2D eigenvalue weighted by Crippen LogP contribution is -2.35. The van der Waals surface area contributed by atoms with Crippen molar-refractivity contribution in [2.45, 2.75) is 51.5 Å². The highest BCUT2D eigenvalue weighted by Gasteiger charge is 2.44. The zero-order valence-corrected chi connectivity index (χ0v) is 9.62. The van der Waals surface area contributed by atoms with E-state index < -0.39 is 30.6 Å². The van der Waals surface area contributed by atoms with E-state index in [9.17, 15) is 15.0 Å². The first kappa shape index (κ1) is 13.4. The number of ether oxygens (including phenoxy) is 3. The zero-order chi connectivity index (χ0) is 12.3. The number of rotatable bonds is 4. The van der Waals surface area contributed by atoms with Gasteiger partial charge in [-0.05, 0) is 13.8 Å². The molecule has 2 N–H and O–H groups in total. The topological polar surface area (TPSA) is 85.2 Å². The second-order valence-corrected chi connectivity index (χ2v) is 4.01. The van der Waals surface area contributed by atoms with Crippen LogP contribution in [0.3, 0.4) is 0 Å². The molecular formula is C10H18O6. The second kappa shape index (κ2) is 5.58. The molecule has 1 heterocycles. The molecule has 0 bridgehead atoms. The summed E-state index contributed by atoms with van der Waals surface area (Å²) in [6.45, 7) is 4.76. The van der Waals surface area contributed by atoms with Crippen molar-refractivity contribution < 1.29 is 29.2 Å². The van der Waals surface area contributed by atoms with Crippen molar-refractivity contribution in [1.29, 1.82) is 0 Å². The predicted octanol–water partition coefficient (Wildman–Crippen LogP) is -0.579. The van der Waals surface area contributed by atoms with Gasteiger partial charge in [-0.2, -0.15) is 0 Å². The van der Waals surface area contributed by atoms with E-state index in [0.717, 1.165) is 0 Å². The third kappa shape index (κ3) is 3.41. The first-order valence-electron chi connectivity index (χ1n) is 5.22. The van der Waals surface area contributed by atoms with Crippen molar-refractivity contribution in [2.75, 3.05) is 6.61 Å². The smallest absolute Gasteiger partial charge is 0.302 e. The van der Waals surface area contributed by atoms with Gasteiger partial charge in [0.15, 0.2) is 6.29 Å². The van der Waals surface area contributed by atoms with E-state index in [1.54, 1.807) is 13.8 Å². The molecule has 0 unspecified atom stereocenters. The average Bonchev–Trinajstić information content (AvgIpc) is 2.42. The molecule has 0 aromatic heterocycles. The number of hydrogen-bond donors (Lipinski definition) is 2. The van der Waals surface area contributed by atoms with E-state index in [1.165, 1.54) is 6.92 Å². The Balaban J connectivity index is 2.47. The molecular weight excluding hydrogens is 216 g/mol. The van der Waals surface area contributed by atoms with Gasteiger partial charge in [0, 0.05) is 6.92 Å². The van der Waals surface area contributed by atoms with Gasteiger partial charge in [-0.15, -0.1) is 0 Å². The Morgan fingerprint density at radius 1 is 1.38 bits per heavy atom. The van der Waals surface area contributed by atoms with E-state index in [-0.39, 0.29) is 12.7 Å². The Morgan fingerprint density at radius 2 is 2.00 bits per heavy atom. The fourth-order valence-corrected chi connectivity index (χ4v) is 1.43. The van der Waals surface area contributed by atoms with Gasteiger partial charge in [0.2, 0.25) is 0 Å². The van der Waals surface area contributed by atoms with E-state index in [4.69, 9.17) is 14.2 Å². The molecule has 94 valence electrons. The van der Waals surface area contributed by atoms with Crippen molar-refractivity contribution in [1.82, 2.24) is 0 Å². The van der Waals surface area contributed by atoms with Gasteiger partial charge in [-0.25, -0.2) is 0 Å². The lowest BCUT2D eigenvalue weighted by Gasteiger charge is -2.17. The molecule has 0 spiro atoms. The fourth-order valence-electron chi connectivity index (χ4n) is 1.43. The SMILES string of the molecule is CC(=O)OC[C@H]1O[C@@H](OC(C)C)[C@H](O)[C@@H]1O. The number of carbonyl (C=O) groups excluding carboxylic acids is 1. The molecule has 6 nitrogen and oxygen atoms in total. The first-order chi connectivity index (χ1) is 7.41. The lowest BCUT2D eigenvalue weighted by atomic mass is 10.1. The maximum absolute atomic E-state index is 10.6. The molecule has 0 radical (unpaired) electrons. The highest BCUT2D eigenvalue weighted by molar-refractivity contribution is 5.65. The summed E-state index contributed by atoms with van der Waals surface area (Å²) in [6.07, 6.45) is -3.98. The molecule has 16 heavy (non-hydrogen) atoms. The molecule has 4 atom stereocenters. The summed E-state index contributed by atoms with van der Waals surface area (Å²) in [5, 5.41) is 19.2. The third-order valence-electron chi connectivity index (χ3n) is 2.18. The summed E-state index contributed by atoms with van der Waals surface area (Å²) in [5.41, 5.74) is 0. The summed E-state index contributed by atoms with van der Waals surface area (Å²) >= 11 is 0. The van der Waals surface area contributed by atoms with Crippen molar-refractivity contribution in [3.63, 3.8) is 0 Å². The molecule has 1 saturated heterocycles. The second-order valence-electron chi connectivity index (χ2n) is 4.01. The zero-order valence-electron chi connectivity index (χ0n) is 9.62. The summed E-state index contributed by atoms with van der Waals surface area (Å²) in [6, 6.07) is 0. The summed E-state index contributed by atoms with van der Waals surface area (Å²) in [5.74, 6) is -0.460. The van der Waals surface area contributed by atoms with E-state index >= 15 is 0 Å². The van der Waals surface area contributed by atoms with Crippen LogP contribution in [0, 0.1) is 0 Å². The highest BCUT2D eigenvalue weighted by Crippen LogP contribution is 2.23. The van der Waals surface area contributed by atoms with Gasteiger partial charge in [-0.3, -0.25) is 4.79 Å². The highest BCUT2D eigenvalue weighted by atomic mass is 16.7. The van der Waals surface area contributed by atoms with E-state index in [0.29, 0.717) is 0 Å². The Labute approximate surface area is 94.1 Å². The molecule has 1 rings (SSSR count). The molecule has 0 aromatic rings.